The van der Waals surface area contributed by atoms with E-state index in [4.69, 9.17) is 12.2 Å². The topological polar surface area (TPSA) is 15.6 Å². The highest BCUT2D eigenvalue weighted by atomic mass is 32.1. The molecule has 2 nitrogen and oxygen atoms in total. The van der Waals surface area contributed by atoms with Crippen LogP contribution < -0.4 is 0 Å². The fourth-order valence-corrected chi connectivity index (χ4v) is 2.32. The quantitative estimate of drug-likeness (QED) is 0.535. The van der Waals surface area contributed by atoms with Crippen LogP contribution >= 0.6 is 24.8 Å². The Morgan fingerprint density at radius 1 is 1.62 bits per heavy atom. The van der Waals surface area contributed by atoms with Crippen LogP contribution in [-0.4, -0.2) is 21.6 Å². The number of hydrogen-bond donors (Lipinski definition) is 1. The highest BCUT2D eigenvalue weighted by Crippen LogP contribution is 2.34. The fraction of sp³-hybridized carbons (Fsp3) is 0.778. The third-order valence-corrected chi connectivity index (χ3v) is 2.76. The maximum absolute atomic E-state index is 5.03. The summed E-state index contributed by atoms with van der Waals surface area (Å²) in [6.45, 7) is 8.71. The highest BCUT2D eigenvalue weighted by Gasteiger charge is 2.40. The second-order valence-electron chi connectivity index (χ2n) is 4.38. The van der Waals surface area contributed by atoms with Crippen molar-refractivity contribution >= 4 is 35.4 Å². The van der Waals surface area contributed by atoms with Crippen LogP contribution in [0.3, 0.4) is 0 Å². The van der Waals surface area contributed by atoms with Gasteiger partial charge in [-0.05, 0) is 5.92 Å². The molecule has 1 aliphatic rings. The largest absolute Gasteiger partial charge is 0.245 e. The van der Waals surface area contributed by atoms with Crippen LogP contribution in [0.1, 0.15) is 27.7 Å². The minimum atomic E-state index is 0.0843. The van der Waals surface area contributed by atoms with Crippen molar-refractivity contribution in [1.82, 2.24) is 5.01 Å². The third-order valence-electron chi connectivity index (χ3n) is 2.37. The number of thiocarbonyl (C=S) groups is 1. The van der Waals surface area contributed by atoms with E-state index in [2.05, 4.69) is 45.4 Å². The van der Waals surface area contributed by atoms with Crippen molar-refractivity contribution in [2.24, 2.45) is 16.4 Å². The zero-order valence-electron chi connectivity index (χ0n) is 8.48. The first-order chi connectivity index (χ1) is 5.86. The lowest BCUT2D eigenvalue weighted by molar-refractivity contribution is 0.200. The van der Waals surface area contributed by atoms with Gasteiger partial charge in [0.25, 0.3) is 0 Å². The zero-order valence-corrected chi connectivity index (χ0v) is 10.2. The summed E-state index contributed by atoms with van der Waals surface area (Å²) in [5, 5.41) is 6.12. The van der Waals surface area contributed by atoms with E-state index >= 15 is 0 Å². The Bertz CT molecular complexity index is 246. The lowest BCUT2D eigenvalue weighted by Gasteiger charge is -2.33. The molecule has 0 saturated carbocycles. The van der Waals surface area contributed by atoms with Gasteiger partial charge in [0.1, 0.15) is 0 Å². The maximum Gasteiger partial charge on any atom is 0.153 e. The number of hydrogen-bond acceptors (Lipinski definition) is 2. The number of nitrogens with zero attached hydrogens (tertiary/aromatic N) is 2. The van der Waals surface area contributed by atoms with Crippen molar-refractivity contribution in [1.29, 1.82) is 0 Å². The van der Waals surface area contributed by atoms with Crippen molar-refractivity contribution in [3.05, 3.63) is 0 Å². The van der Waals surface area contributed by atoms with Crippen molar-refractivity contribution < 1.29 is 0 Å². The molecule has 0 amide bonds. The van der Waals surface area contributed by atoms with E-state index in [0.29, 0.717) is 16.3 Å². The van der Waals surface area contributed by atoms with Gasteiger partial charge in [0.05, 0.1) is 6.04 Å². The minimum absolute atomic E-state index is 0.0843. The molecule has 74 valence electrons. The summed E-state index contributed by atoms with van der Waals surface area (Å²) in [5.41, 5.74) is 0.0843. The monoisotopic (exact) mass is 216 g/mol. The van der Waals surface area contributed by atoms with Gasteiger partial charge in [-0.25, -0.2) is 5.01 Å². The Morgan fingerprint density at radius 2 is 2.15 bits per heavy atom. The Balaban J connectivity index is 2.92. The maximum atomic E-state index is 5.03. The number of rotatable bonds is 1. The molecule has 1 aliphatic heterocycles. The molecule has 1 heterocycles. The molecule has 0 radical (unpaired) electrons. The summed E-state index contributed by atoms with van der Waals surface area (Å²) < 4.78 is 0.556. The number of hydrazone groups is 1. The lowest BCUT2D eigenvalue weighted by Crippen LogP contribution is -2.42. The van der Waals surface area contributed by atoms with Crippen LogP contribution in [0.5, 0.6) is 0 Å². The minimum Gasteiger partial charge on any atom is -0.245 e. The molecular weight excluding hydrogens is 200 g/mol. The van der Waals surface area contributed by atoms with Crippen molar-refractivity contribution in [3.63, 3.8) is 0 Å². The van der Waals surface area contributed by atoms with E-state index < -0.39 is 0 Å². The molecule has 0 bridgehead atoms. The van der Waals surface area contributed by atoms with E-state index in [1.54, 1.807) is 0 Å². The molecule has 0 N–H and O–H groups in total. The van der Waals surface area contributed by atoms with E-state index in [9.17, 15) is 0 Å². The molecule has 0 aromatic carbocycles. The molecule has 0 aliphatic carbocycles. The van der Waals surface area contributed by atoms with Crippen LogP contribution in [-0.2, 0) is 0 Å². The van der Waals surface area contributed by atoms with Crippen LogP contribution in [0.15, 0.2) is 5.10 Å². The molecule has 0 fully saturated rings. The molecule has 0 aromatic rings. The molecule has 0 aromatic heterocycles. The summed E-state index contributed by atoms with van der Waals surface area (Å²) in [7, 11) is 0. The SMILES string of the molecule is CC(C)C1N(C(=S)S)N=CC1(C)C. The molecule has 1 rings (SSSR count). The highest BCUT2D eigenvalue weighted by molar-refractivity contribution is 8.10. The van der Waals surface area contributed by atoms with Gasteiger partial charge >= 0.3 is 0 Å². The van der Waals surface area contributed by atoms with Gasteiger partial charge < -0.3 is 0 Å². The normalized spacial score (nSPS) is 25.7. The summed E-state index contributed by atoms with van der Waals surface area (Å²) in [5.74, 6) is 0.516. The van der Waals surface area contributed by atoms with E-state index in [1.165, 1.54) is 0 Å². The average molecular weight is 216 g/mol. The van der Waals surface area contributed by atoms with Crippen LogP contribution in [0, 0.1) is 11.3 Å². The number of thiol groups is 1. The molecule has 0 spiro atoms. The van der Waals surface area contributed by atoms with E-state index in [-0.39, 0.29) is 5.41 Å². The Kier molecular flexibility index (Phi) is 3.02. The smallest absolute Gasteiger partial charge is 0.153 e. The Labute approximate surface area is 90.8 Å². The predicted molar refractivity (Wildman–Crippen MR) is 64.3 cm³/mol. The van der Waals surface area contributed by atoms with Gasteiger partial charge in [-0.15, -0.1) is 12.6 Å². The molecule has 1 atom stereocenters. The summed E-state index contributed by atoms with van der Waals surface area (Å²) in [6, 6.07) is 0.331. The van der Waals surface area contributed by atoms with Crippen molar-refractivity contribution in [2.75, 3.05) is 0 Å². The fourth-order valence-electron chi connectivity index (χ4n) is 1.98. The van der Waals surface area contributed by atoms with E-state index in [1.807, 2.05) is 11.2 Å². The summed E-state index contributed by atoms with van der Waals surface area (Å²) >= 11 is 9.20. The van der Waals surface area contributed by atoms with Gasteiger partial charge in [0, 0.05) is 11.6 Å². The van der Waals surface area contributed by atoms with Crippen LogP contribution in [0.25, 0.3) is 0 Å². The van der Waals surface area contributed by atoms with Crippen molar-refractivity contribution in [3.8, 4) is 0 Å². The third kappa shape index (κ3) is 2.05. The molecule has 13 heavy (non-hydrogen) atoms. The first-order valence-electron chi connectivity index (χ1n) is 4.43. The standard InChI is InChI=1S/C9H16N2S2/c1-6(2)7-9(3,4)5-10-11(7)8(12)13/h5-7H,1-4H3,(H,12,13). The van der Waals surface area contributed by atoms with Crippen LogP contribution in [0.4, 0.5) is 0 Å². The van der Waals surface area contributed by atoms with E-state index in [0.717, 1.165) is 0 Å². The molecule has 1 unspecified atom stereocenters. The summed E-state index contributed by atoms with van der Waals surface area (Å²) in [6.07, 6.45) is 1.96. The average Bonchev–Trinajstić information content (AvgIpc) is 2.24. The van der Waals surface area contributed by atoms with Gasteiger partial charge in [-0.3, -0.25) is 0 Å². The molecule has 0 saturated heterocycles. The lowest BCUT2D eigenvalue weighted by atomic mass is 9.80. The van der Waals surface area contributed by atoms with Gasteiger partial charge in [0.2, 0.25) is 0 Å². The van der Waals surface area contributed by atoms with Gasteiger partial charge in [0.15, 0.2) is 4.32 Å². The first-order valence-corrected chi connectivity index (χ1v) is 5.29. The van der Waals surface area contributed by atoms with Crippen LogP contribution in [0.2, 0.25) is 0 Å². The van der Waals surface area contributed by atoms with Gasteiger partial charge in [-0.1, -0.05) is 39.9 Å². The first kappa shape index (κ1) is 11.0. The second-order valence-corrected chi connectivity index (χ2v) is 5.49. The predicted octanol–water partition coefficient (Wildman–Crippen LogP) is 2.55. The Morgan fingerprint density at radius 3 is 2.46 bits per heavy atom. The molecule has 4 heteroatoms. The summed E-state index contributed by atoms with van der Waals surface area (Å²) in [4.78, 5) is 0. The molecular formula is C9H16N2S2. The van der Waals surface area contributed by atoms with Gasteiger partial charge in [-0.2, -0.15) is 5.10 Å². The zero-order chi connectivity index (χ0) is 10.2. The second kappa shape index (κ2) is 3.58. The van der Waals surface area contributed by atoms with Crippen molar-refractivity contribution in [2.45, 2.75) is 33.7 Å². The Hall–Kier alpha value is -0.0900.